The van der Waals surface area contributed by atoms with Crippen LogP contribution in [0.1, 0.15) is 52.4 Å². The molecule has 0 aromatic carbocycles. The van der Waals surface area contributed by atoms with E-state index in [2.05, 4.69) is 19.2 Å². The van der Waals surface area contributed by atoms with Gasteiger partial charge in [0.25, 0.3) is 0 Å². The Labute approximate surface area is 130 Å². The predicted molar refractivity (Wildman–Crippen MR) is 84.4 cm³/mol. The highest BCUT2D eigenvalue weighted by Gasteiger charge is 2.41. The lowest BCUT2D eigenvalue weighted by molar-refractivity contribution is -0.141. The maximum atomic E-state index is 12.6. The van der Waals surface area contributed by atoms with Crippen LogP contribution in [0.2, 0.25) is 0 Å². The molecule has 21 heavy (non-hydrogen) atoms. The molecular weight excluding hydrogens is 288 g/mol. The number of rotatable bonds is 4. The molecule has 4 unspecified atom stereocenters. The van der Waals surface area contributed by atoms with Gasteiger partial charge in [-0.1, -0.05) is 33.1 Å². The van der Waals surface area contributed by atoms with Gasteiger partial charge in [-0.05, 0) is 25.2 Å². The van der Waals surface area contributed by atoms with Gasteiger partial charge in [-0.15, -0.1) is 11.8 Å². The second kappa shape index (κ2) is 7.38. The highest BCUT2D eigenvalue weighted by molar-refractivity contribution is 8.00. The molecule has 0 bridgehead atoms. The lowest BCUT2D eigenvalue weighted by Gasteiger charge is -2.32. The van der Waals surface area contributed by atoms with Gasteiger partial charge in [-0.25, -0.2) is 9.59 Å². The molecule has 2 aliphatic rings. The van der Waals surface area contributed by atoms with E-state index >= 15 is 0 Å². The standard InChI is InChI=1S/C15H26N2O3S/c1-3-5-13-17(12(9-21-13)14(18)19)15(20)16-11-7-4-6-10(2)8-11/h10-13H,3-9H2,1-2H3,(H,16,20)(H,18,19). The van der Waals surface area contributed by atoms with Crippen molar-refractivity contribution in [2.45, 2.75) is 69.8 Å². The fraction of sp³-hybridized carbons (Fsp3) is 0.867. The van der Waals surface area contributed by atoms with E-state index in [0.29, 0.717) is 11.7 Å². The van der Waals surface area contributed by atoms with Crippen molar-refractivity contribution in [2.75, 3.05) is 5.75 Å². The summed E-state index contributed by atoms with van der Waals surface area (Å²) in [6.07, 6.45) is 6.18. The number of carbonyl (C=O) groups is 2. The summed E-state index contributed by atoms with van der Waals surface area (Å²) in [4.78, 5) is 25.5. The topological polar surface area (TPSA) is 69.6 Å². The van der Waals surface area contributed by atoms with Crippen molar-refractivity contribution in [3.8, 4) is 0 Å². The molecule has 1 saturated heterocycles. The third-order valence-corrected chi connectivity index (χ3v) is 5.77. The molecule has 1 saturated carbocycles. The number of thioether (sulfide) groups is 1. The summed E-state index contributed by atoms with van der Waals surface area (Å²) >= 11 is 1.59. The van der Waals surface area contributed by atoms with Crippen LogP contribution >= 0.6 is 11.8 Å². The first-order valence-electron chi connectivity index (χ1n) is 7.96. The van der Waals surface area contributed by atoms with E-state index in [1.165, 1.54) is 6.42 Å². The van der Waals surface area contributed by atoms with Crippen molar-refractivity contribution in [1.82, 2.24) is 10.2 Å². The lowest BCUT2D eigenvalue weighted by atomic mass is 9.87. The van der Waals surface area contributed by atoms with Gasteiger partial charge in [-0.3, -0.25) is 4.90 Å². The van der Waals surface area contributed by atoms with E-state index in [1.807, 2.05) is 0 Å². The highest BCUT2D eigenvalue weighted by atomic mass is 32.2. The number of carbonyl (C=O) groups excluding carboxylic acids is 1. The first-order valence-corrected chi connectivity index (χ1v) is 9.01. The maximum Gasteiger partial charge on any atom is 0.327 e. The van der Waals surface area contributed by atoms with Crippen LogP contribution < -0.4 is 5.32 Å². The van der Waals surface area contributed by atoms with Crippen molar-refractivity contribution in [2.24, 2.45) is 5.92 Å². The number of amides is 2. The number of hydrogen-bond acceptors (Lipinski definition) is 3. The summed E-state index contributed by atoms with van der Waals surface area (Å²) in [6.45, 7) is 4.28. The molecule has 120 valence electrons. The van der Waals surface area contributed by atoms with E-state index in [1.54, 1.807) is 16.7 Å². The molecular formula is C15H26N2O3S. The first kappa shape index (κ1) is 16.5. The average molecular weight is 314 g/mol. The number of carboxylic acids is 1. The zero-order chi connectivity index (χ0) is 15.4. The minimum atomic E-state index is -0.895. The van der Waals surface area contributed by atoms with E-state index < -0.39 is 12.0 Å². The summed E-state index contributed by atoms with van der Waals surface area (Å²) in [5.41, 5.74) is 0. The Balaban J connectivity index is 2.00. The summed E-state index contributed by atoms with van der Waals surface area (Å²) in [5, 5.41) is 12.4. The first-order chi connectivity index (χ1) is 10.0. The van der Waals surface area contributed by atoms with E-state index in [0.717, 1.165) is 32.1 Å². The fourth-order valence-corrected chi connectivity index (χ4v) is 4.82. The molecule has 0 aromatic heterocycles. The monoisotopic (exact) mass is 314 g/mol. The molecule has 2 rings (SSSR count). The number of aliphatic carboxylic acids is 1. The molecule has 2 N–H and O–H groups in total. The Kier molecular flexibility index (Phi) is 5.79. The molecule has 0 radical (unpaired) electrons. The van der Waals surface area contributed by atoms with Gasteiger partial charge in [0.2, 0.25) is 0 Å². The smallest absolute Gasteiger partial charge is 0.327 e. The molecule has 2 amide bonds. The van der Waals surface area contributed by atoms with Gasteiger partial charge in [0.15, 0.2) is 0 Å². The van der Waals surface area contributed by atoms with Gasteiger partial charge in [0, 0.05) is 11.8 Å². The zero-order valence-corrected chi connectivity index (χ0v) is 13.7. The van der Waals surface area contributed by atoms with Gasteiger partial charge in [-0.2, -0.15) is 0 Å². The molecule has 2 fully saturated rings. The zero-order valence-electron chi connectivity index (χ0n) is 12.9. The molecule has 5 nitrogen and oxygen atoms in total. The van der Waals surface area contributed by atoms with Crippen LogP contribution in [0.25, 0.3) is 0 Å². The van der Waals surface area contributed by atoms with E-state index in [-0.39, 0.29) is 17.4 Å². The van der Waals surface area contributed by atoms with Crippen LogP contribution in [0.4, 0.5) is 4.79 Å². The number of nitrogens with one attached hydrogen (secondary N) is 1. The van der Waals surface area contributed by atoms with Gasteiger partial charge < -0.3 is 10.4 Å². The van der Waals surface area contributed by atoms with Gasteiger partial charge >= 0.3 is 12.0 Å². The molecule has 0 aromatic rings. The second-order valence-corrected chi connectivity index (χ2v) is 7.47. The van der Waals surface area contributed by atoms with E-state index in [4.69, 9.17) is 0 Å². The predicted octanol–water partition coefficient (Wildman–Crippen LogP) is 2.90. The second-order valence-electron chi connectivity index (χ2n) is 6.26. The molecule has 1 aliphatic heterocycles. The minimum absolute atomic E-state index is 0.00267. The van der Waals surface area contributed by atoms with Crippen LogP contribution in [-0.2, 0) is 4.79 Å². The Morgan fingerprint density at radius 1 is 1.38 bits per heavy atom. The van der Waals surface area contributed by atoms with Crippen molar-refractivity contribution >= 4 is 23.8 Å². The van der Waals surface area contributed by atoms with E-state index in [9.17, 15) is 14.7 Å². The van der Waals surface area contributed by atoms with Gasteiger partial charge in [0.1, 0.15) is 6.04 Å². The molecule has 1 heterocycles. The Bertz CT molecular complexity index is 391. The Morgan fingerprint density at radius 2 is 2.14 bits per heavy atom. The number of carboxylic acid groups (broad SMARTS) is 1. The normalized spacial score (nSPS) is 33.0. The number of urea groups is 1. The van der Waals surface area contributed by atoms with Gasteiger partial charge in [0.05, 0.1) is 5.37 Å². The molecule has 6 heteroatoms. The summed E-state index contributed by atoms with van der Waals surface area (Å²) in [5.74, 6) is 0.237. The van der Waals surface area contributed by atoms with Crippen LogP contribution in [0.3, 0.4) is 0 Å². The summed E-state index contributed by atoms with van der Waals surface area (Å²) < 4.78 is 0. The molecule has 4 atom stereocenters. The fourth-order valence-electron chi connectivity index (χ4n) is 3.31. The van der Waals surface area contributed by atoms with Crippen LogP contribution in [0.5, 0.6) is 0 Å². The maximum absolute atomic E-state index is 12.6. The largest absolute Gasteiger partial charge is 0.480 e. The van der Waals surface area contributed by atoms with Crippen LogP contribution in [-0.4, -0.2) is 45.2 Å². The molecule has 0 spiro atoms. The quantitative estimate of drug-likeness (QED) is 0.837. The number of hydrogen-bond donors (Lipinski definition) is 2. The lowest BCUT2D eigenvalue weighted by Crippen LogP contribution is -2.53. The third kappa shape index (κ3) is 4.05. The summed E-state index contributed by atoms with van der Waals surface area (Å²) in [7, 11) is 0. The van der Waals surface area contributed by atoms with Crippen LogP contribution in [0, 0.1) is 5.92 Å². The summed E-state index contributed by atoms with van der Waals surface area (Å²) in [6, 6.07) is -0.680. The Morgan fingerprint density at radius 3 is 2.76 bits per heavy atom. The average Bonchev–Trinajstić information content (AvgIpc) is 2.83. The van der Waals surface area contributed by atoms with Crippen molar-refractivity contribution in [3.63, 3.8) is 0 Å². The van der Waals surface area contributed by atoms with Crippen molar-refractivity contribution in [1.29, 1.82) is 0 Å². The van der Waals surface area contributed by atoms with Crippen molar-refractivity contribution in [3.05, 3.63) is 0 Å². The SMILES string of the molecule is CCCC1SCC(C(=O)O)N1C(=O)NC1CCCC(C)C1. The highest BCUT2D eigenvalue weighted by Crippen LogP contribution is 2.33. The number of nitrogens with zero attached hydrogens (tertiary/aromatic N) is 1. The van der Waals surface area contributed by atoms with Crippen molar-refractivity contribution < 1.29 is 14.7 Å². The molecule has 1 aliphatic carbocycles. The minimum Gasteiger partial charge on any atom is -0.480 e. The third-order valence-electron chi connectivity index (χ3n) is 4.41. The van der Waals surface area contributed by atoms with Crippen LogP contribution in [0.15, 0.2) is 0 Å². The Hall–Kier alpha value is -0.910.